The molecule has 0 aliphatic carbocycles. The average Bonchev–Trinajstić information content (AvgIpc) is 2.96. The highest BCUT2D eigenvalue weighted by atomic mass is 19.1. The molecule has 1 fully saturated rings. The van der Waals surface area contributed by atoms with Crippen LogP contribution < -0.4 is 5.32 Å². The van der Waals surface area contributed by atoms with E-state index >= 15 is 0 Å². The summed E-state index contributed by atoms with van der Waals surface area (Å²) in [6.07, 6.45) is 0.417. The van der Waals surface area contributed by atoms with E-state index in [-0.39, 0.29) is 24.2 Å². The molecule has 1 saturated heterocycles. The van der Waals surface area contributed by atoms with Crippen LogP contribution in [0.15, 0.2) is 36.4 Å². The summed E-state index contributed by atoms with van der Waals surface area (Å²) in [7, 11) is 0. The number of amides is 1. The molecule has 6 heteroatoms. The van der Waals surface area contributed by atoms with Gasteiger partial charge >= 0.3 is 12.1 Å². The molecule has 5 nitrogen and oxygen atoms in total. The number of hydrogen-bond donors (Lipinski definition) is 1. The van der Waals surface area contributed by atoms with E-state index in [0.717, 1.165) is 10.9 Å². The molecule has 2 aromatic carbocycles. The third kappa shape index (κ3) is 3.73. The Balaban J connectivity index is 1.79. The number of ether oxygens (including phenoxy) is 2. The van der Waals surface area contributed by atoms with Crippen molar-refractivity contribution in [3.05, 3.63) is 47.8 Å². The van der Waals surface area contributed by atoms with E-state index < -0.39 is 12.2 Å². The van der Waals surface area contributed by atoms with Gasteiger partial charge in [0.1, 0.15) is 11.9 Å². The maximum absolute atomic E-state index is 14.0. The lowest BCUT2D eigenvalue weighted by molar-refractivity contribution is -0.143. The van der Waals surface area contributed by atoms with Crippen molar-refractivity contribution in [2.45, 2.75) is 38.3 Å². The number of cyclic esters (lactones) is 1. The molecule has 0 saturated carbocycles. The zero-order valence-corrected chi connectivity index (χ0v) is 14.0. The van der Waals surface area contributed by atoms with Crippen LogP contribution in [0.2, 0.25) is 0 Å². The summed E-state index contributed by atoms with van der Waals surface area (Å²) in [5.41, 5.74) is 0.761. The number of benzene rings is 2. The summed E-state index contributed by atoms with van der Waals surface area (Å²) in [6, 6.07) is 9.89. The molecule has 1 heterocycles. The van der Waals surface area contributed by atoms with Crippen LogP contribution in [-0.2, 0) is 14.3 Å². The van der Waals surface area contributed by atoms with Crippen molar-refractivity contribution in [1.82, 2.24) is 5.32 Å². The number of carbonyl (C=O) groups excluding carboxylic acids is 2. The second kappa shape index (κ2) is 7.51. The molecule has 0 bridgehead atoms. The lowest BCUT2D eigenvalue weighted by Crippen LogP contribution is -2.28. The van der Waals surface area contributed by atoms with Gasteiger partial charge in [-0.15, -0.1) is 0 Å². The van der Waals surface area contributed by atoms with Crippen LogP contribution in [0.5, 0.6) is 0 Å². The Bertz CT molecular complexity index is 792. The summed E-state index contributed by atoms with van der Waals surface area (Å²) in [5, 5.41) is 4.00. The molecule has 3 rings (SSSR count). The summed E-state index contributed by atoms with van der Waals surface area (Å²) in [6.45, 7) is 2.12. The second-order valence-corrected chi connectivity index (χ2v) is 5.96. The van der Waals surface area contributed by atoms with Gasteiger partial charge in [0, 0.05) is 17.4 Å². The lowest BCUT2D eigenvalue weighted by Gasteiger charge is -2.19. The number of nitrogens with one attached hydrogen (secondary N) is 1. The first kappa shape index (κ1) is 17.2. The molecule has 2 unspecified atom stereocenters. The second-order valence-electron chi connectivity index (χ2n) is 5.96. The highest BCUT2D eigenvalue weighted by molar-refractivity contribution is 5.87. The largest absolute Gasteiger partial charge is 0.466 e. The van der Waals surface area contributed by atoms with Crippen molar-refractivity contribution in [2.75, 3.05) is 6.61 Å². The third-order valence-corrected chi connectivity index (χ3v) is 4.32. The maximum Gasteiger partial charge on any atom is 0.408 e. The summed E-state index contributed by atoms with van der Waals surface area (Å²) in [4.78, 5) is 23.2. The van der Waals surface area contributed by atoms with Crippen molar-refractivity contribution in [2.24, 2.45) is 0 Å². The van der Waals surface area contributed by atoms with Gasteiger partial charge in [-0.3, -0.25) is 4.79 Å². The SMILES string of the molecule is CCOC(=O)CCCC1NC(=O)OC1c1ccc(F)c2ccccc12. The van der Waals surface area contributed by atoms with E-state index in [4.69, 9.17) is 9.47 Å². The van der Waals surface area contributed by atoms with Crippen molar-refractivity contribution < 1.29 is 23.5 Å². The predicted molar refractivity (Wildman–Crippen MR) is 90.5 cm³/mol. The minimum atomic E-state index is -0.514. The highest BCUT2D eigenvalue weighted by Gasteiger charge is 2.36. The minimum Gasteiger partial charge on any atom is -0.466 e. The van der Waals surface area contributed by atoms with Gasteiger partial charge in [0.05, 0.1) is 12.6 Å². The Hall–Kier alpha value is -2.63. The summed E-state index contributed by atoms with van der Waals surface area (Å²) in [5.74, 6) is -0.563. The van der Waals surface area contributed by atoms with Crippen molar-refractivity contribution >= 4 is 22.8 Å². The van der Waals surface area contributed by atoms with Gasteiger partial charge in [0.2, 0.25) is 0 Å². The molecule has 25 heavy (non-hydrogen) atoms. The van der Waals surface area contributed by atoms with E-state index in [1.807, 2.05) is 12.1 Å². The number of esters is 1. The zero-order chi connectivity index (χ0) is 17.8. The zero-order valence-electron chi connectivity index (χ0n) is 14.0. The molecule has 2 aromatic rings. The number of halogens is 1. The van der Waals surface area contributed by atoms with Crippen molar-refractivity contribution in [3.63, 3.8) is 0 Å². The van der Waals surface area contributed by atoms with Gasteiger partial charge in [-0.05, 0) is 31.2 Å². The molecule has 0 spiro atoms. The van der Waals surface area contributed by atoms with Crippen LogP contribution in [0.4, 0.5) is 9.18 Å². The Kier molecular flexibility index (Phi) is 5.16. The van der Waals surface area contributed by atoms with Crippen LogP contribution in [0.1, 0.15) is 37.9 Å². The van der Waals surface area contributed by atoms with Gasteiger partial charge in [-0.25, -0.2) is 9.18 Å². The first-order valence-electron chi connectivity index (χ1n) is 8.40. The Labute approximate surface area is 145 Å². The number of alkyl carbamates (subject to hydrolysis) is 1. The van der Waals surface area contributed by atoms with Gasteiger partial charge in [-0.1, -0.05) is 30.3 Å². The molecule has 1 aliphatic rings. The van der Waals surface area contributed by atoms with Crippen LogP contribution in [0.3, 0.4) is 0 Å². The first-order valence-corrected chi connectivity index (χ1v) is 8.40. The fourth-order valence-corrected chi connectivity index (χ4v) is 3.20. The molecule has 132 valence electrons. The predicted octanol–water partition coefficient (Wildman–Crippen LogP) is 3.86. The van der Waals surface area contributed by atoms with Gasteiger partial charge < -0.3 is 14.8 Å². The van der Waals surface area contributed by atoms with Gasteiger partial charge in [0.15, 0.2) is 0 Å². The van der Waals surface area contributed by atoms with E-state index in [1.54, 1.807) is 25.1 Å². The van der Waals surface area contributed by atoms with Crippen LogP contribution in [0.25, 0.3) is 10.8 Å². The molecule has 1 N–H and O–H groups in total. The maximum atomic E-state index is 14.0. The van der Waals surface area contributed by atoms with Crippen LogP contribution in [0, 0.1) is 5.82 Å². The standard InChI is InChI=1S/C19H20FNO4/c1-2-24-17(22)9-5-8-16-18(25-19(23)21-16)14-10-11-15(20)13-7-4-3-6-12(13)14/h3-4,6-7,10-11,16,18H,2,5,8-9H2,1H3,(H,21,23). The first-order chi connectivity index (χ1) is 12.1. The van der Waals surface area contributed by atoms with E-state index in [9.17, 15) is 14.0 Å². The Morgan fingerprint density at radius 3 is 2.76 bits per heavy atom. The Morgan fingerprint density at radius 1 is 1.24 bits per heavy atom. The van der Waals surface area contributed by atoms with Crippen LogP contribution in [-0.4, -0.2) is 24.7 Å². The van der Waals surface area contributed by atoms with E-state index in [2.05, 4.69) is 5.32 Å². The summed E-state index contributed by atoms with van der Waals surface area (Å²) >= 11 is 0. The quantitative estimate of drug-likeness (QED) is 0.808. The number of hydrogen-bond acceptors (Lipinski definition) is 4. The molecule has 0 radical (unpaired) electrons. The minimum absolute atomic E-state index is 0.253. The average molecular weight is 345 g/mol. The van der Waals surface area contributed by atoms with Crippen molar-refractivity contribution in [1.29, 1.82) is 0 Å². The molecular weight excluding hydrogens is 325 g/mol. The molecular formula is C19H20FNO4. The van der Waals surface area contributed by atoms with Gasteiger partial charge in [0.25, 0.3) is 0 Å². The van der Waals surface area contributed by atoms with Gasteiger partial charge in [-0.2, -0.15) is 0 Å². The molecule has 0 aromatic heterocycles. The lowest BCUT2D eigenvalue weighted by atomic mass is 9.94. The topological polar surface area (TPSA) is 64.6 Å². The highest BCUT2D eigenvalue weighted by Crippen LogP contribution is 2.34. The van der Waals surface area contributed by atoms with E-state index in [0.29, 0.717) is 24.8 Å². The third-order valence-electron chi connectivity index (χ3n) is 4.32. The molecule has 2 atom stereocenters. The van der Waals surface area contributed by atoms with E-state index in [1.165, 1.54) is 6.07 Å². The van der Waals surface area contributed by atoms with Crippen LogP contribution >= 0.6 is 0 Å². The fraction of sp³-hybridized carbons (Fsp3) is 0.368. The smallest absolute Gasteiger partial charge is 0.408 e. The van der Waals surface area contributed by atoms with Crippen molar-refractivity contribution in [3.8, 4) is 0 Å². The molecule has 1 amide bonds. The summed E-state index contributed by atoms with van der Waals surface area (Å²) < 4.78 is 24.4. The molecule has 1 aliphatic heterocycles. The number of rotatable bonds is 6. The fourth-order valence-electron chi connectivity index (χ4n) is 3.20. The number of carbonyl (C=O) groups is 2. The monoisotopic (exact) mass is 345 g/mol. The Morgan fingerprint density at radius 2 is 2.00 bits per heavy atom. The number of fused-ring (bicyclic) bond motifs is 1. The normalized spacial score (nSPS) is 19.5.